The normalized spacial score (nSPS) is 12.4. The van der Waals surface area contributed by atoms with Gasteiger partial charge in [-0.1, -0.05) is 48.5 Å². The van der Waals surface area contributed by atoms with E-state index in [0.29, 0.717) is 36.8 Å². The summed E-state index contributed by atoms with van der Waals surface area (Å²) in [7, 11) is 0. The number of fused-ring (bicyclic) bond motifs is 1. The Morgan fingerprint density at radius 1 is 0.903 bits per heavy atom. The van der Waals surface area contributed by atoms with E-state index in [4.69, 9.17) is 14.6 Å². The molecule has 0 unspecified atom stereocenters. The Morgan fingerprint density at radius 2 is 1.61 bits per heavy atom. The third-order valence-corrected chi connectivity index (χ3v) is 5.10. The van der Waals surface area contributed by atoms with Crippen molar-refractivity contribution >= 4 is 5.91 Å². The van der Waals surface area contributed by atoms with Crippen LogP contribution in [0.1, 0.15) is 15.9 Å². The molecule has 0 saturated heterocycles. The molecule has 0 radical (unpaired) electrons. The van der Waals surface area contributed by atoms with Gasteiger partial charge in [-0.3, -0.25) is 4.79 Å². The number of benzene rings is 3. The third kappa shape index (κ3) is 4.00. The fourth-order valence-electron chi connectivity index (χ4n) is 3.55. The van der Waals surface area contributed by atoms with Crippen LogP contribution in [-0.2, 0) is 6.54 Å². The summed E-state index contributed by atoms with van der Waals surface area (Å²) in [5.74, 6) is 1.09. The Bertz CT molecular complexity index is 1200. The number of ether oxygens (including phenoxy) is 2. The Morgan fingerprint density at radius 3 is 2.39 bits per heavy atom. The van der Waals surface area contributed by atoms with Gasteiger partial charge < -0.3 is 14.8 Å². The highest BCUT2D eigenvalue weighted by Crippen LogP contribution is 2.31. The smallest absolute Gasteiger partial charge is 0.251 e. The summed E-state index contributed by atoms with van der Waals surface area (Å²) >= 11 is 0. The van der Waals surface area contributed by atoms with Crippen LogP contribution in [0.15, 0.2) is 85.1 Å². The van der Waals surface area contributed by atoms with Crippen LogP contribution in [-0.4, -0.2) is 28.9 Å². The van der Waals surface area contributed by atoms with Crippen LogP contribution in [0.25, 0.3) is 16.9 Å². The largest absolute Gasteiger partial charge is 0.486 e. The number of amides is 1. The van der Waals surface area contributed by atoms with Crippen molar-refractivity contribution in [3.63, 3.8) is 0 Å². The molecule has 0 fully saturated rings. The van der Waals surface area contributed by atoms with E-state index in [-0.39, 0.29) is 5.91 Å². The van der Waals surface area contributed by atoms with Gasteiger partial charge in [0.15, 0.2) is 11.5 Å². The van der Waals surface area contributed by atoms with E-state index >= 15 is 0 Å². The molecule has 154 valence electrons. The average molecular weight is 411 g/mol. The zero-order chi connectivity index (χ0) is 21.0. The fourth-order valence-corrected chi connectivity index (χ4v) is 3.55. The first kappa shape index (κ1) is 18.9. The summed E-state index contributed by atoms with van der Waals surface area (Å²) in [5, 5.41) is 7.80. The second kappa shape index (κ2) is 8.36. The van der Waals surface area contributed by atoms with E-state index in [1.807, 2.05) is 71.5 Å². The number of carbonyl (C=O) groups excluding carboxylic acids is 1. The molecule has 0 atom stereocenters. The lowest BCUT2D eigenvalue weighted by atomic mass is 10.1. The van der Waals surface area contributed by atoms with Crippen LogP contribution < -0.4 is 14.8 Å². The molecule has 5 rings (SSSR count). The first-order valence-electron chi connectivity index (χ1n) is 10.2. The van der Waals surface area contributed by atoms with E-state index in [2.05, 4.69) is 5.32 Å². The van der Waals surface area contributed by atoms with Crippen molar-refractivity contribution in [1.29, 1.82) is 0 Å². The summed E-state index contributed by atoms with van der Waals surface area (Å²) < 4.78 is 13.0. The second-order valence-corrected chi connectivity index (χ2v) is 7.19. The maximum atomic E-state index is 12.8. The standard InChI is InChI=1S/C25H21N3O3/c29-25(19-11-12-22-23(15-19)31-14-13-30-22)26-16-20-17-28(21-9-5-2-6-10-21)27-24(20)18-7-3-1-4-8-18/h1-12,15,17H,13-14,16H2,(H,26,29). The lowest BCUT2D eigenvalue weighted by molar-refractivity contribution is 0.0949. The minimum Gasteiger partial charge on any atom is -0.486 e. The number of nitrogens with one attached hydrogen (secondary N) is 1. The second-order valence-electron chi connectivity index (χ2n) is 7.19. The molecular weight excluding hydrogens is 390 g/mol. The number of hydrogen-bond acceptors (Lipinski definition) is 4. The summed E-state index contributed by atoms with van der Waals surface area (Å²) in [6.07, 6.45) is 1.96. The zero-order valence-electron chi connectivity index (χ0n) is 16.8. The lowest BCUT2D eigenvalue weighted by Crippen LogP contribution is -2.23. The van der Waals surface area contributed by atoms with Gasteiger partial charge in [-0.05, 0) is 30.3 Å². The van der Waals surface area contributed by atoms with Crippen LogP contribution in [0.3, 0.4) is 0 Å². The predicted molar refractivity (Wildman–Crippen MR) is 118 cm³/mol. The lowest BCUT2D eigenvalue weighted by Gasteiger charge is -2.18. The quantitative estimate of drug-likeness (QED) is 0.534. The third-order valence-electron chi connectivity index (χ3n) is 5.10. The van der Waals surface area contributed by atoms with Gasteiger partial charge in [0, 0.05) is 29.4 Å². The molecule has 3 aromatic carbocycles. The maximum absolute atomic E-state index is 12.8. The molecule has 1 aliphatic rings. The first-order chi connectivity index (χ1) is 15.3. The molecule has 1 N–H and O–H groups in total. The van der Waals surface area contributed by atoms with E-state index < -0.39 is 0 Å². The number of rotatable bonds is 5. The fraction of sp³-hybridized carbons (Fsp3) is 0.120. The molecule has 0 spiro atoms. The van der Waals surface area contributed by atoms with Gasteiger partial charge in [0.1, 0.15) is 13.2 Å². The van der Waals surface area contributed by atoms with Gasteiger partial charge in [-0.25, -0.2) is 4.68 Å². The van der Waals surface area contributed by atoms with E-state index in [0.717, 1.165) is 22.5 Å². The highest BCUT2D eigenvalue weighted by molar-refractivity contribution is 5.95. The summed E-state index contributed by atoms with van der Waals surface area (Å²) in [5.41, 5.74) is 4.26. The van der Waals surface area contributed by atoms with Crippen molar-refractivity contribution in [2.45, 2.75) is 6.54 Å². The van der Waals surface area contributed by atoms with Crippen molar-refractivity contribution in [2.75, 3.05) is 13.2 Å². The minimum atomic E-state index is -0.177. The highest BCUT2D eigenvalue weighted by Gasteiger charge is 2.17. The molecule has 1 amide bonds. The van der Waals surface area contributed by atoms with Crippen molar-refractivity contribution < 1.29 is 14.3 Å². The van der Waals surface area contributed by atoms with E-state index in [1.165, 1.54) is 0 Å². The van der Waals surface area contributed by atoms with E-state index in [1.54, 1.807) is 18.2 Å². The topological polar surface area (TPSA) is 65.4 Å². The molecule has 31 heavy (non-hydrogen) atoms. The van der Waals surface area contributed by atoms with Gasteiger partial charge in [-0.15, -0.1) is 0 Å². The van der Waals surface area contributed by atoms with E-state index in [9.17, 15) is 4.79 Å². The Balaban J connectivity index is 1.40. The Hall–Kier alpha value is -4.06. The molecule has 6 heteroatoms. The maximum Gasteiger partial charge on any atom is 0.251 e. The molecule has 4 aromatic rings. The number of aromatic nitrogens is 2. The molecule has 0 aliphatic carbocycles. The molecule has 6 nitrogen and oxygen atoms in total. The predicted octanol–water partition coefficient (Wildman–Crippen LogP) is 4.24. The molecule has 0 saturated carbocycles. The van der Waals surface area contributed by atoms with Crippen molar-refractivity contribution in [1.82, 2.24) is 15.1 Å². The van der Waals surface area contributed by atoms with Crippen LogP contribution in [0, 0.1) is 0 Å². The molecule has 1 aromatic heterocycles. The molecular formula is C25H21N3O3. The van der Waals surface area contributed by atoms with Gasteiger partial charge in [0.05, 0.1) is 11.4 Å². The average Bonchev–Trinajstić information content (AvgIpc) is 3.28. The zero-order valence-corrected chi connectivity index (χ0v) is 16.8. The SMILES string of the molecule is O=C(NCc1cn(-c2ccccc2)nc1-c1ccccc1)c1ccc2c(c1)OCCO2. The number of hydrogen-bond donors (Lipinski definition) is 1. The van der Waals surface area contributed by atoms with Crippen LogP contribution in [0.5, 0.6) is 11.5 Å². The van der Waals surface area contributed by atoms with Gasteiger partial charge >= 0.3 is 0 Å². The first-order valence-corrected chi connectivity index (χ1v) is 10.2. The molecule has 1 aliphatic heterocycles. The Labute approximate surface area is 180 Å². The van der Waals surface area contributed by atoms with Crippen LogP contribution in [0.4, 0.5) is 0 Å². The van der Waals surface area contributed by atoms with Crippen LogP contribution >= 0.6 is 0 Å². The minimum absolute atomic E-state index is 0.177. The van der Waals surface area contributed by atoms with Crippen molar-refractivity contribution in [2.24, 2.45) is 0 Å². The molecule has 2 heterocycles. The summed E-state index contributed by atoms with van der Waals surface area (Å²) in [6.45, 7) is 1.35. The van der Waals surface area contributed by atoms with Gasteiger partial charge in [0.25, 0.3) is 5.91 Å². The van der Waals surface area contributed by atoms with Crippen molar-refractivity contribution in [3.05, 3.63) is 96.2 Å². The number of para-hydroxylation sites is 1. The van der Waals surface area contributed by atoms with Gasteiger partial charge in [0.2, 0.25) is 0 Å². The highest BCUT2D eigenvalue weighted by atomic mass is 16.6. The molecule has 0 bridgehead atoms. The monoisotopic (exact) mass is 411 g/mol. The van der Waals surface area contributed by atoms with Gasteiger partial charge in [-0.2, -0.15) is 5.10 Å². The summed E-state index contributed by atoms with van der Waals surface area (Å²) in [4.78, 5) is 12.8. The Kier molecular flexibility index (Phi) is 5.10. The number of carbonyl (C=O) groups is 1. The van der Waals surface area contributed by atoms with Crippen molar-refractivity contribution in [3.8, 4) is 28.4 Å². The summed E-state index contributed by atoms with van der Waals surface area (Å²) in [6, 6.07) is 25.1. The number of nitrogens with zero attached hydrogens (tertiary/aromatic N) is 2. The van der Waals surface area contributed by atoms with Crippen LogP contribution in [0.2, 0.25) is 0 Å².